The van der Waals surface area contributed by atoms with Gasteiger partial charge in [0, 0.05) is 11.8 Å². The zero-order valence-corrected chi connectivity index (χ0v) is 14.1. The molecular formula is C18H26O4. The molecule has 0 bridgehead atoms. The Balaban J connectivity index is 1.90. The number of hydrogen-bond donors (Lipinski definition) is 0. The molecule has 0 unspecified atom stereocenters. The van der Waals surface area contributed by atoms with E-state index < -0.39 is 5.79 Å². The lowest BCUT2D eigenvalue weighted by Crippen LogP contribution is -2.42. The van der Waals surface area contributed by atoms with Crippen molar-refractivity contribution in [2.75, 3.05) is 13.2 Å². The minimum Gasteiger partial charge on any atom is -0.459 e. The van der Waals surface area contributed by atoms with Crippen LogP contribution in [0.2, 0.25) is 0 Å². The fourth-order valence-corrected chi connectivity index (χ4v) is 2.85. The molecule has 0 radical (unpaired) electrons. The summed E-state index contributed by atoms with van der Waals surface area (Å²) in [7, 11) is 0. The first kappa shape index (κ1) is 17.0. The molecule has 1 aromatic carbocycles. The fraction of sp³-hybridized carbons (Fsp3) is 0.611. The summed E-state index contributed by atoms with van der Waals surface area (Å²) in [5.41, 5.74) is 1.67. The summed E-state index contributed by atoms with van der Waals surface area (Å²) in [5, 5.41) is 0. The summed E-state index contributed by atoms with van der Waals surface area (Å²) in [6, 6.07) is 7.34. The highest BCUT2D eigenvalue weighted by Gasteiger charge is 2.47. The van der Waals surface area contributed by atoms with E-state index >= 15 is 0 Å². The maximum atomic E-state index is 12.0. The predicted octanol–water partition coefficient (Wildman–Crippen LogP) is 3.58. The largest absolute Gasteiger partial charge is 0.459 e. The van der Waals surface area contributed by atoms with Crippen molar-refractivity contribution in [3.8, 4) is 0 Å². The van der Waals surface area contributed by atoms with Gasteiger partial charge in [0.2, 0.25) is 0 Å². The fourth-order valence-electron chi connectivity index (χ4n) is 2.85. The Morgan fingerprint density at radius 2 is 1.82 bits per heavy atom. The van der Waals surface area contributed by atoms with Crippen molar-refractivity contribution in [2.24, 2.45) is 11.8 Å². The molecule has 1 fully saturated rings. The van der Waals surface area contributed by atoms with Crippen LogP contribution < -0.4 is 0 Å². The van der Waals surface area contributed by atoms with Crippen LogP contribution in [0.25, 0.3) is 0 Å². The van der Waals surface area contributed by atoms with Crippen LogP contribution in [-0.2, 0) is 14.2 Å². The molecule has 1 saturated heterocycles. The third-order valence-corrected chi connectivity index (χ3v) is 4.14. The summed E-state index contributed by atoms with van der Waals surface area (Å²) in [5.74, 6) is -0.424. The molecule has 0 aromatic heterocycles. The van der Waals surface area contributed by atoms with Crippen molar-refractivity contribution >= 4 is 5.97 Å². The van der Waals surface area contributed by atoms with Crippen molar-refractivity contribution in [1.82, 2.24) is 0 Å². The Bertz CT molecular complexity index is 496. The third-order valence-electron chi connectivity index (χ3n) is 4.14. The molecule has 0 spiro atoms. The first-order chi connectivity index (χ1) is 10.3. The van der Waals surface area contributed by atoms with Crippen LogP contribution in [0.4, 0.5) is 0 Å². The monoisotopic (exact) mass is 306 g/mol. The van der Waals surface area contributed by atoms with Crippen LogP contribution >= 0.6 is 0 Å². The van der Waals surface area contributed by atoms with Gasteiger partial charge in [-0.25, -0.2) is 4.79 Å². The van der Waals surface area contributed by atoms with Crippen LogP contribution in [-0.4, -0.2) is 31.1 Å². The van der Waals surface area contributed by atoms with E-state index in [4.69, 9.17) is 14.2 Å². The van der Waals surface area contributed by atoms with Crippen LogP contribution in [0.5, 0.6) is 0 Å². The summed E-state index contributed by atoms with van der Waals surface area (Å²) in [6.45, 7) is 11.0. The molecule has 122 valence electrons. The minimum atomic E-state index is -0.582. The van der Waals surface area contributed by atoms with E-state index in [1.54, 1.807) is 12.1 Å². The highest BCUT2D eigenvalue weighted by atomic mass is 16.8. The van der Waals surface area contributed by atoms with E-state index in [9.17, 15) is 4.79 Å². The molecule has 1 aliphatic heterocycles. The van der Waals surface area contributed by atoms with Crippen molar-refractivity contribution < 1.29 is 19.0 Å². The van der Waals surface area contributed by atoms with E-state index in [1.165, 1.54) is 0 Å². The van der Waals surface area contributed by atoms with E-state index in [1.807, 2.05) is 19.1 Å². The minimum absolute atomic E-state index is 0.209. The molecule has 1 atom stereocenters. The van der Waals surface area contributed by atoms with Gasteiger partial charge in [0.1, 0.15) is 12.7 Å². The number of aryl methyl sites for hydroxylation is 1. The van der Waals surface area contributed by atoms with E-state index in [0.717, 1.165) is 5.56 Å². The first-order valence-corrected chi connectivity index (χ1v) is 7.90. The molecule has 0 saturated carbocycles. The topological polar surface area (TPSA) is 44.8 Å². The van der Waals surface area contributed by atoms with Crippen LogP contribution in [0.1, 0.15) is 43.6 Å². The maximum Gasteiger partial charge on any atom is 0.338 e. The second-order valence-electron chi connectivity index (χ2n) is 6.55. The van der Waals surface area contributed by atoms with Gasteiger partial charge in [-0.05, 0) is 19.1 Å². The Hall–Kier alpha value is -1.39. The lowest BCUT2D eigenvalue weighted by molar-refractivity contribution is -0.227. The zero-order chi connectivity index (χ0) is 16.3. The molecule has 0 amide bonds. The second kappa shape index (κ2) is 6.80. The standard InChI is InChI=1S/C18H26O4/c1-12(2)18(13(3)4)21-11-16(22-18)10-20-17(19)15-8-6-14(5)7-9-15/h6-9,12-13,16H,10-11H2,1-5H3/t16-/m1/s1. The molecule has 2 rings (SSSR count). The van der Waals surface area contributed by atoms with E-state index in [-0.39, 0.29) is 30.5 Å². The highest BCUT2D eigenvalue weighted by Crippen LogP contribution is 2.37. The number of benzene rings is 1. The van der Waals surface area contributed by atoms with Crippen LogP contribution in [0.15, 0.2) is 24.3 Å². The predicted molar refractivity (Wildman–Crippen MR) is 84.7 cm³/mol. The van der Waals surface area contributed by atoms with E-state index in [0.29, 0.717) is 12.2 Å². The Labute approximate surface area is 132 Å². The Morgan fingerprint density at radius 1 is 1.23 bits per heavy atom. The van der Waals surface area contributed by atoms with Crippen molar-refractivity contribution in [2.45, 2.75) is 46.5 Å². The summed E-state index contributed by atoms with van der Waals surface area (Å²) >= 11 is 0. The molecule has 0 aliphatic carbocycles. The number of carbonyl (C=O) groups excluding carboxylic acids is 1. The third kappa shape index (κ3) is 3.50. The van der Waals surface area contributed by atoms with Gasteiger partial charge < -0.3 is 14.2 Å². The quantitative estimate of drug-likeness (QED) is 0.780. The van der Waals surface area contributed by atoms with Gasteiger partial charge in [-0.15, -0.1) is 0 Å². The van der Waals surface area contributed by atoms with Gasteiger partial charge in [0.25, 0.3) is 0 Å². The van der Waals surface area contributed by atoms with Gasteiger partial charge in [0.15, 0.2) is 5.79 Å². The normalized spacial score (nSPS) is 20.6. The average molecular weight is 306 g/mol. The van der Waals surface area contributed by atoms with Crippen molar-refractivity contribution in [3.63, 3.8) is 0 Å². The van der Waals surface area contributed by atoms with Crippen LogP contribution in [0, 0.1) is 18.8 Å². The van der Waals surface area contributed by atoms with Gasteiger partial charge in [-0.2, -0.15) is 0 Å². The van der Waals surface area contributed by atoms with Gasteiger partial charge in [-0.3, -0.25) is 0 Å². The molecule has 1 aromatic rings. The number of esters is 1. The molecule has 0 N–H and O–H groups in total. The maximum absolute atomic E-state index is 12.0. The number of carbonyl (C=O) groups is 1. The number of hydrogen-bond acceptors (Lipinski definition) is 4. The van der Waals surface area contributed by atoms with Gasteiger partial charge in [0.05, 0.1) is 12.2 Å². The molecule has 22 heavy (non-hydrogen) atoms. The lowest BCUT2D eigenvalue weighted by Gasteiger charge is -2.35. The Kier molecular flexibility index (Phi) is 5.24. The molecule has 4 nitrogen and oxygen atoms in total. The summed E-state index contributed by atoms with van der Waals surface area (Å²) in [4.78, 5) is 12.0. The average Bonchev–Trinajstić information content (AvgIpc) is 2.91. The molecule has 1 heterocycles. The summed E-state index contributed by atoms with van der Waals surface area (Å²) < 4.78 is 17.4. The second-order valence-corrected chi connectivity index (χ2v) is 6.55. The molecule has 4 heteroatoms. The molecule has 1 aliphatic rings. The smallest absolute Gasteiger partial charge is 0.338 e. The Morgan fingerprint density at radius 3 is 2.32 bits per heavy atom. The lowest BCUT2D eigenvalue weighted by atomic mass is 9.91. The number of ether oxygens (including phenoxy) is 3. The van der Waals surface area contributed by atoms with Crippen LogP contribution in [0.3, 0.4) is 0 Å². The molecular weight excluding hydrogens is 280 g/mol. The van der Waals surface area contributed by atoms with Gasteiger partial charge in [-0.1, -0.05) is 45.4 Å². The van der Waals surface area contributed by atoms with Crippen molar-refractivity contribution in [1.29, 1.82) is 0 Å². The zero-order valence-electron chi connectivity index (χ0n) is 14.1. The highest BCUT2D eigenvalue weighted by molar-refractivity contribution is 5.89. The van der Waals surface area contributed by atoms with Gasteiger partial charge >= 0.3 is 5.97 Å². The number of rotatable bonds is 5. The van der Waals surface area contributed by atoms with Crippen molar-refractivity contribution in [3.05, 3.63) is 35.4 Å². The SMILES string of the molecule is Cc1ccc(C(=O)OC[C@@H]2COC(C(C)C)(C(C)C)O2)cc1. The first-order valence-electron chi connectivity index (χ1n) is 7.90. The van der Waals surface area contributed by atoms with E-state index in [2.05, 4.69) is 27.7 Å². The summed E-state index contributed by atoms with van der Waals surface area (Å²) in [6.07, 6.45) is -0.209.